The van der Waals surface area contributed by atoms with E-state index in [2.05, 4.69) is 15.9 Å². The number of hydrogen-bond donors (Lipinski definition) is 0. The highest BCUT2D eigenvalue weighted by atomic mass is 127. The lowest BCUT2D eigenvalue weighted by atomic mass is 10.2. The van der Waals surface area contributed by atoms with Crippen molar-refractivity contribution in [3.8, 4) is 6.07 Å². The van der Waals surface area contributed by atoms with Crippen molar-refractivity contribution in [1.29, 1.82) is 5.26 Å². The Morgan fingerprint density at radius 1 is 1.50 bits per heavy atom. The molecule has 7 heteroatoms. The van der Waals surface area contributed by atoms with Crippen molar-refractivity contribution in [1.82, 2.24) is 0 Å². The van der Waals surface area contributed by atoms with E-state index in [1.807, 2.05) is 28.7 Å². The molecule has 1 aromatic carbocycles. The smallest absolute Gasteiger partial charge is 0.207 e. The Kier molecular flexibility index (Phi) is 3.80. The minimum Gasteiger partial charge on any atom is -0.207 e. The molecule has 0 atom stereocenters. The van der Waals surface area contributed by atoms with Gasteiger partial charge < -0.3 is 0 Å². The van der Waals surface area contributed by atoms with E-state index < -0.39 is 9.05 Å². The van der Waals surface area contributed by atoms with Gasteiger partial charge in [-0.05, 0) is 50.7 Å². The zero-order valence-corrected chi connectivity index (χ0v) is 11.8. The number of nitriles is 1. The third kappa shape index (κ3) is 2.59. The predicted octanol–water partition coefficient (Wildman–Crippen LogP) is 2.85. The summed E-state index contributed by atoms with van der Waals surface area (Å²) in [4.78, 5) is -0.0809. The van der Waals surface area contributed by atoms with Gasteiger partial charge in [0, 0.05) is 14.3 Å². The summed E-state index contributed by atoms with van der Waals surface area (Å²) in [7, 11) is 1.38. The van der Waals surface area contributed by atoms with Crippen LogP contribution in [0.15, 0.2) is 21.5 Å². The fourth-order valence-electron chi connectivity index (χ4n) is 0.806. The Hall–Kier alpha value is 0.160. The third-order valence-corrected chi connectivity index (χ3v) is 5.44. The van der Waals surface area contributed by atoms with Crippen molar-refractivity contribution < 1.29 is 8.42 Å². The van der Waals surface area contributed by atoms with Crippen molar-refractivity contribution in [2.24, 2.45) is 0 Å². The molecule has 0 heterocycles. The lowest BCUT2D eigenvalue weighted by molar-refractivity contribution is 0.609. The van der Waals surface area contributed by atoms with Crippen LogP contribution in [0.5, 0.6) is 0 Å². The summed E-state index contributed by atoms with van der Waals surface area (Å²) in [5, 5.41) is 8.64. The molecule has 0 aliphatic heterocycles. The van der Waals surface area contributed by atoms with E-state index in [4.69, 9.17) is 15.9 Å². The largest absolute Gasteiger partial charge is 0.262 e. The molecule has 0 fully saturated rings. The number of nitrogens with zero attached hydrogens (tertiary/aromatic N) is 1. The average Bonchev–Trinajstić information content (AvgIpc) is 2.07. The summed E-state index contributed by atoms with van der Waals surface area (Å²) < 4.78 is 23.2. The molecule has 0 aromatic heterocycles. The highest BCUT2D eigenvalue weighted by Crippen LogP contribution is 2.30. The van der Waals surface area contributed by atoms with Crippen LogP contribution in [-0.4, -0.2) is 8.42 Å². The molecule has 0 bridgehead atoms. The second kappa shape index (κ2) is 4.35. The predicted molar refractivity (Wildman–Crippen MR) is 64.6 cm³/mol. The summed E-state index contributed by atoms with van der Waals surface area (Å²) in [6, 6.07) is 4.66. The molecule has 0 radical (unpaired) electrons. The lowest BCUT2D eigenvalue weighted by Gasteiger charge is -2.03. The first-order chi connectivity index (χ1) is 6.36. The molecular formula is C7H2BrClINO2S. The number of halogens is 3. The Balaban J connectivity index is 3.61. The van der Waals surface area contributed by atoms with Gasteiger partial charge in [0.25, 0.3) is 9.05 Å². The molecule has 0 saturated heterocycles. The van der Waals surface area contributed by atoms with Crippen molar-refractivity contribution in [3.63, 3.8) is 0 Å². The zero-order valence-electron chi connectivity index (χ0n) is 6.46. The van der Waals surface area contributed by atoms with Crippen LogP contribution in [0.2, 0.25) is 0 Å². The van der Waals surface area contributed by atoms with Crippen LogP contribution in [0.3, 0.4) is 0 Å². The minimum absolute atomic E-state index is 0.0809. The second-order valence-electron chi connectivity index (χ2n) is 2.32. The van der Waals surface area contributed by atoms with Gasteiger partial charge >= 0.3 is 0 Å². The highest BCUT2D eigenvalue weighted by molar-refractivity contribution is 14.1. The topological polar surface area (TPSA) is 57.9 Å². The van der Waals surface area contributed by atoms with Crippen LogP contribution < -0.4 is 0 Å². The van der Waals surface area contributed by atoms with Crippen molar-refractivity contribution in [2.45, 2.75) is 4.90 Å². The van der Waals surface area contributed by atoms with Gasteiger partial charge in [-0.1, -0.05) is 0 Å². The van der Waals surface area contributed by atoms with E-state index in [9.17, 15) is 8.42 Å². The number of rotatable bonds is 1. The lowest BCUT2D eigenvalue weighted by Crippen LogP contribution is -1.95. The second-order valence-corrected chi connectivity index (χ2v) is 6.81. The summed E-state index contributed by atoms with van der Waals surface area (Å²) in [6.45, 7) is 0. The maximum Gasteiger partial charge on any atom is 0.262 e. The molecule has 0 spiro atoms. The SMILES string of the molecule is N#Cc1cc(I)c(Br)c(S(=O)(=O)Cl)c1. The van der Waals surface area contributed by atoms with E-state index >= 15 is 0 Å². The van der Waals surface area contributed by atoms with Crippen LogP contribution in [-0.2, 0) is 9.05 Å². The van der Waals surface area contributed by atoms with Gasteiger partial charge in [-0.15, -0.1) is 0 Å². The van der Waals surface area contributed by atoms with Gasteiger partial charge in [0.2, 0.25) is 0 Å². The first-order valence-electron chi connectivity index (χ1n) is 3.20. The van der Waals surface area contributed by atoms with Crippen LogP contribution in [0.1, 0.15) is 5.56 Å². The van der Waals surface area contributed by atoms with E-state index in [-0.39, 0.29) is 10.5 Å². The molecule has 0 unspecified atom stereocenters. The standard InChI is InChI=1S/C7H2BrClINO2S/c8-7-5(10)1-4(3-11)2-6(7)14(9,12)13/h1-2H. The van der Waals surface area contributed by atoms with E-state index in [1.165, 1.54) is 6.07 Å². The molecule has 0 aliphatic rings. The van der Waals surface area contributed by atoms with Gasteiger partial charge in [-0.2, -0.15) is 5.26 Å². The monoisotopic (exact) mass is 405 g/mol. The van der Waals surface area contributed by atoms with E-state index in [0.717, 1.165) is 0 Å². The Morgan fingerprint density at radius 3 is 2.50 bits per heavy atom. The molecule has 0 saturated carbocycles. The molecule has 0 N–H and O–H groups in total. The van der Waals surface area contributed by atoms with Gasteiger partial charge in [-0.25, -0.2) is 8.42 Å². The van der Waals surface area contributed by atoms with Crippen LogP contribution >= 0.6 is 49.2 Å². The van der Waals surface area contributed by atoms with Crippen LogP contribution in [0.25, 0.3) is 0 Å². The zero-order chi connectivity index (χ0) is 10.9. The Bertz CT molecular complexity index is 523. The first kappa shape index (κ1) is 12.2. The Labute approximate surface area is 108 Å². The first-order valence-corrected chi connectivity index (χ1v) is 7.38. The van der Waals surface area contributed by atoms with Crippen LogP contribution in [0.4, 0.5) is 0 Å². The van der Waals surface area contributed by atoms with E-state index in [0.29, 0.717) is 8.04 Å². The van der Waals surface area contributed by atoms with Gasteiger partial charge in [0.1, 0.15) is 0 Å². The molecule has 1 aromatic rings. The molecule has 0 amide bonds. The van der Waals surface area contributed by atoms with Crippen molar-refractivity contribution >= 4 is 58.3 Å². The van der Waals surface area contributed by atoms with Crippen LogP contribution in [0, 0.1) is 14.9 Å². The van der Waals surface area contributed by atoms with Gasteiger partial charge in [-0.3, -0.25) is 0 Å². The fourth-order valence-corrected chi connectivity index (χ4v) is 3.72. The fraction of sp³-hybridized carbons (Fsp3) is 0. The Morgan fingerprint density at radius 2 is 2.07 bits per heavy atom. The number of hydrogen-bond acceptors (Lipinski definition) is 3. The van der Waals surface area contributed by atoms with Crippen molar-refractivity contribution in [2.75, 3.05) is 0 Å². The average molecular weight is 406 g/mol. The number of benzene rings is 1. The minimum atomic E-state index is -3.82. The normalized spacial score (nSPS) is 11.0. The molecule has 0 aliphatic carbocycles. The summed E-state index contributed by atoms with van der Waals surface area (Å²) in [5.74, 6) is 0. The molecule has 3 nitrogen and oxygen atoms in total. The van der Waals surface area contributed by atoms with Crippen molar-refractivity contribution in [3.05, 3.63) is 25.7 Å². The molecule has 1 rings (SSSR count). The molecular weight excluding hydrogens is 404 g/mol. The van der Waals surface area contributed by atoms with Gasteiger partial charge in [0.15, 0.2) is 0 Å². The van der Waals surface area contributed by atoms with E-state index in [1.54, 1.807) is 6.07 Å². The molecule has 74 valence electrons. The summed E-state index contributed by atoms with van der Waals surface area (Å²) >= 11 is 5.02. The quantitative estimate of drug-likeness (QED) is 0.532. The maximum atomic E-state index is 11.1. The maximum absolute atomic E-state index is 11.1. The highest BCUT2D eigenvalue weighted by Gasteiger charge is 2.17. The third-order valence-electron chi connectivity index (χ3n) is 1.39. The summed E-state index contributed by atoms with van der Waals surface area (Å²) in [5.41, 5.74) is 0.261. The van der Waals surface area contributed by atoms with Gasteiger partial charge in [0.05, 0.1) is 21.0 Å². The summed E-state index contributed by atoms with van der Waals surface area (Å²) in [6.07, 6.45) is 0. The molecule has 14 heavy (non-hydrogen) atoms.